The highest BCUT2D eigenvalue weighted by atomic mass is 16.5. The predicted molar refractivity (Wildman–Crippen MR) is 84.1 cm³/mol. The number of nitrogens with zero attached hydrogens (tertiary/aromatic N) is 3. The van der Waals surface area contributed by atoms with Gasteiger partial charge in [-0.05, 0) is 23.6 Å². The average molecular weight is 301 g/mol. The molecule has 1 aromatic carbocycles. The van der Waals surface area contributed by atoms with E-state index >= 15 is 0 Å². The summed E-state index contributed by atoms with van der Waals surface area (Å²) in [6.07, 6.45) is 2.91. The molecule has 1 aromatic heterocycles. The largest absolute Gasteiger partial charge is 0.392 e. The molecule has 118 valence electrons. The molecule has 0 bridgehead atoms. The molecule has 1 atom stereocenters. The first kappa shape index (κ1) is 15.2. The van der Waals surface area contributed by atoms with Gasteiger partial charge in [-0.1, -0.05) is 24.3 Å². The van der Waals surface area contributed by atoms with Gasteiger partial charge < -0.3 is 9.84 Å². The summed E-state index contributed by atoms with van der Waals surface area (Å²) in [6.45, 7) is 3.53. The summed E-state index contributed by atoms with van der Waals surface area (Å²) in [4.78, 5) is 2.46. The van der Waals surface area contributed by atoms with E-state index in [2.05, 4.69) is 32.9 Å². The lowest BCUT2D eigenvalue weighted by molar-refractivity contribution is 0.0780. The topological polar surface area (TPSA) is 50.5 Å². The Bertz CT molecular complexity index is 594. The van der Waals surface area contributed by atoms with Crippen molar-refractivity contribution in [3.63, 3.8) is 0 Å². The Labute approximate surface area is 131 Å². The minimum Gasteiger partial charge on any atom is -0.392 e. The van der Waals surface area contributed by atoms with Gasteiger partial charge in [-0.25, -0.2) is 0 Å². The number of ether oxygens (including phenoxy) is 1. The minimum absolute atomic E-state index is 0.0927. The fourth-order valence-electron chi connectivity index (χ4n) is 3.04. The van der Waals surface area contributed by atoms with Gasteiger partial charge in [-0.3, -0.25) is 9.58 Å². The third kappa shape index (κ3) is 3.38. The maximum absolute atomic E-state index is 9.15. The van der Waals surface area contributed by atoms with Crippen molar-refractivity contribution < 1.29 is 9.84 Å². The highest BCUT2D eigenvalue weighted by Crippen LogP contribution is 2.20. The van der Waals surface area contributed by atoms with Gasteiger partial charge in [-0.2, -0.15) is 5.10 Å². The van der Waals surface area contributed by atoms with Crippen LogP contribution in [0, 0.1) is 0 Å². The molecule has 2 heterocycles. The molecule has 2 aromatic rings. The van der Waals surface area contributed by atoms with Crippen LogP contribution in [0.4, 0.5) is 0 Å². The molecule has 0 saturated heterocycles. The second-order valence-electron chi connectivity index (χ2n) is 5.82. The number of fused-ring (bicyclic) bond motifs is 1. The van der Waals surface area contributed by atoms with Gasteiger partial charge in [0.2, 0.25) is 0 Å². The van der Waals surface area contributed by atoms with Crippen LogP contribution in [0.25, 0.3) is 0 Å². The molecule has 0 amide bonds. The van der Waals surface area contributed by atoms with E-state index in [0.717, 1.165) is 38.2 Å². The molecule has 0 fully saturated rings. The molecule has 1 aliphatic heterocycles. The zero-order chi connectivity index (χ0) is 15.4. The van der Waals surface area contributed by atoms with Crippen LogP contribution < -0.4 is 0 Å². The molecular formula is C17H23N3O2. The third-order valence-corrected chi connectivity index (χ3v) is 4.31. The first-order valence-corrected chi connectivity index (χ1v) is 7.72. The van der Waals surface area contributed by atoms with Gasteiger partial charge in [0.05, 0.1) is 18.9 Å². The summed E-state index contributed by atoms with van der Waals surface area (Å²) in [5.41, 5.74) is 3.46. The van der Waals surface area contributed by atoms with Crippen LogP contribution in [0.3, 0.4) is 0 Å². The third-order valence-electron chi connectivity index (χ3n) is 4.31. The first-order valence-electron chi connectivity index (χ1n) is 7.72. The summed E-state index contributed by atoms with van der Waals surface area (Å²) in [5.74, 6) is 0. The molecule has 0 aliphatic carbocycles. The molecule has 3 rings (SSSR count). The highest BCUT2D eigenvalue weighted by molar-refractivity contribution is 5.22. The van der Waals surface area contributed by atoms with Crippen molar-refractivity contribution in [2.24, 2.45) is 0 Å². The molecule has 5 heteroatoms. The maximum atomic E-state index is 9.15. The Hall–Kier alpha value is -1.69. The number of aliphatic hydroxyl groups is 1. The number of aryl methyl sites for hydroxylation is 1. The molecule has 1 aliphatic rings. The molecular weight excluding hydrogens is 278 g/mol. The molecule has 1 N–H and O–H groups in total. The quantitative estimate of drug-likeness (QED) is 0.915. The van der Waals surface area contributed by atoms with Crippen molar-refractivity contribution in [2.45, 2.75) is 38.7 Å². The zero-order valence-electron chi connectivity index (χ0n) is 13.0. The number of rotatable bonds is 5. The normalized spacial score (nSPS) is 18.9. The fourth-order valence-corrected chi connectivity index (χ4v) is 3.04. The summed E-state index contributed by atoms with van der Waals surface area (Å²) < 4.78 is 7.51. The van der Waals surface area contributed by atoms with E-state index in [1.807, 2.05) is 18.3 Å². The summed E-state index contributed by atoms with van der Waals surface area (Å²) >= 11 is 0. The second kappa shape index (κ2) is 7.05. The minimum atomic E-state index is 0.0927. The number of hydrogen-bond acceptors (Lipinski definition) is 4. The summed E-state index contributed by atoms with van der Waals surface area (Å²) in [5, 5.41) is 13.5. The van der Waals surface area contributed by atoms with Gasteiger partial charge in [0.1, 0.15) is 0 Å². The van der Waals surface area contributed by atoms with E-state index in [4.69, 9.17) is 9.84 Å². The number of aromatic nitrogens is 2. The summed E-state index contributed by atoms with van der Waals surface area (Å²) in [6, 6.07) is 10.7. The first-order chi connectivity index (χ1) is 10.8. The monoisotopic (exact) mass is 301 g/mol. The second-order valence-corrected chi connectivity index (χ2v) is 5.82. The molecule has 0 saturated carbocycles. The molecule has 22 heavy (non-hydrogen) atoms. The van der Waals surface area contributed by atoms with Crippen LogP contribution in [-0.4, -0.2) is 39.5 Å². The molecule has 5 nitrogen and oxygen atoms in total. The van der Waals surface area contributed by atoms with E-state index in [1.165, 1.54) is 11.3 Å². The number of benzene rings is 1. The number of aliphatic hydroxyl groups excluding tert-OH is 1. The standard InChI is InChI=1S/C17H23N3O2/c1-22-13-17-7-9-20-16(6-8-18-20)11-19(17)10-14-2-4-15(12-21)5-3-14/h2-6,8,17,21H,7,9-13H2,1H3. The van der Waals surface area contributed by atoms with E-state index in [1.54, 1.807) is 7.11 Å². The number of hydrogen-bond donors (Lipinski definition) is 1. The van der Waals surface area contributed by atoms with E-state index < -0.39 is 0 Å². The van der Waals surface area contributed by atoms with Crippen molar-refractivity contribution in [1.82, 2.24) is 14.7 Å². The lowest BCUT2D eigenvalue weighted by atomic mass is 10.1. The van der Waals surface area contributed by atoms with E-state index in [9.17, 15) is 0 Å². The van der Waals surface area contributed by atoms with Gasteiger partial charge in [-0.15, -0.1) is 0 Å². The van der Waals surface area contributed by atoms with Crippen LogP contribution >= 0.6 is 0 Å². The zero-order valence-corrected chi connectivity index (χ0v) is 13.0. The lowest BCUT2D eigenvalue weighted by Gasteiger charge is -2.29. The number of methoxy groups -OCH3 is 1. The van der Waals surface area contributed by atoms with Crippen molar-refractivity contribution in [1.29, 1.82) is 0 Å². The van der Waals surface area contributed by atoms with Gasteiger partial charge in [0.25, 0.3) is 0 Å². The van der Waals surface area contributed by atoms with Gasteiger partial charge in [0.15, 0.2) is 0 Å². The van der Waals surface area contributed by atoms with Crippen molar-refractivity contribution in [3.8, 4) is 0 Å². The van der Waals surface area contributed by atoms with Crippen molar-refractivity contribution in [3.05, 3.63) is 53.3 Å². The molecule has 1 unspecified atom stereocenters. The van der Waals surface area contributed by atoms with Crippen LogP contribution in [0.5, 0.6) is 0 Å². The van der Waals surface area contributed by atoms with Crippen LogP contribution in [0.1, 0.15) is 23.2 Å². The van der Waals surface area contributed by atoms with E-state index in [-0.39, 0.29) is 6.61 Å². The smallest absolute Gasteiger partial charge is 0.0681 e. The van der Waals surface area contributed by atoms with Crippen LogP contribution in [0.15, 0.2) is 36.5 Å². The predicted octanol–water partition coefficient (Wildman–Crippen LogP) is 1.80. The Balaban J connectivity index is 1.77. The Morgan fingerprint density at radius 1 is 1.23 bits per heavy atom. The van der Waals surface area contributed by atoms with Crippen molar-refractivity contribution in [2.75, 3.05) is 13.7 Å². The van der Waals surface area contributed by atoms with Gasteiger partial charge in [0, 0.05) is 39.0 Å². The molecule has 0 radical (unpaired) electrons. The van der Waals surface area contributed by atoms with Crippen molar-refractivity contribution >= 4 is 0 Å². The molecule has 0 spiro atoms. The average Bonchev–Trinajstić information content (AvgIpc) is 2.92. The Kier molecular flexibility index (Phi) is 4.87. The highest BCUT2D eigenvalue weighted by Gasteiger charge is 2.24. The SMILES string of the molecule is COCC1CCn2nccc2CN1Cc1ccc(CO)cc1. The lowest BCUT2D eigenvalue weighted by Crippen LogP contribution is -2.36. The van der Waals surface area contributed by atoms with Crippen LogP contribution in [-0.2, 0) is 31.0 Å². The Morgan fingerprint density at radius 3 is 2.73 bits per heavy atom. The van der Waals surface area contributed by atoms with E-state index in [0.29, 0.717) is 6.04 Å². The fraction of sp³-hybridized carbons (Fsp3) is 0.471. The van der Waals surface area contributed by atoms with Gasteiger partial charge >= 0.3 is 0 Å². The summed E-state index contributed by atoms with van der Waals surface area (Å²) in [7, 11) is 1.76. The maximum Gasteiger partial charge on any atom is 0.0681 e. The van der Waals surface area contributed by atoms with Crippen LogP contribution in [0.2, 0.25) is 0 Å². The Morgan fingerprint density at radius 2 is 2.00 bits per heavy atom.